The standard InChI is InChI=1S/C65H50N2/c1-4-18-44(19-5-1)64(45-20-6-2-7-21-45)55-28-13-10-26-54(55)62-56(64)29-17-32-60(62)66(48-22-8-3-9-23-48)49-34-35-50-53-27-16-33-61(67-58-30-14-11-24-51(58)52-25-12-15-31-59(52)67)63(53)65(57(50)41-49)46-37-42-36-43(39-46)40-47(65)38-42/h1-35,41-43,46-47H,36-40H2. The predicted molar refractivity (Wildman–Crippen MR) is 276 cm³/mol. The van der Waals surface area contributed by atoms with Crippen molar-refractivity contribution in [3.05, 3.63) is 252 Å². The lowest BCUT2D eigenvalue weighted by atomic mass is 9.43. The van der Waals surface area contributed by atoms with Gasteiger partial charge in [-0.1, -0.05) is 170 Å². The van der Waals surface area contributed by atoms with Crippen LogP contribution in [0, 0.1) is 23.7 Å². The van der Waals surface area contributed by atoms with Gasteiger partial charge in [-0.2, -0.15) is 0 Å². The van der Waals surface area contributed by atoms with Gasteiger partial charge >= 0.3 is 0 Å². The van der Waals surface area contributed by atoms with Gasteiger partial charge in [-0.3, -0.25) is 0 Å². The van der Waals surface area contributed by atoms with Gasteiger partial charge in [0.05, 0.1) is 27.8 Å². The van der Waals surface area contributed by atoms with E-state index >= 15 is 0 Å². The third kappa shape index (κ3) is 4.95. The third-order valence-electron chi connectivity index (χ3n) is 17.4. The molecule has 0 aliphatic heterocycles. The van der Waals surface area contributed by atoms with Gasteiger partial charge in [0.15, 0.2) is 0 Å². The number of anilines is 3. The maximum Gasteiger partial charge on any atom is 0.0714 e. The maximum absolute atomic E-state index is 2.68. The topological polar surface area (TPSA) is 8.17 Å². The van der Waals surface area contributed by atoms with E-state index < -0.39 is 5.41 Å². The molecule has 0 unspecified atom stereocenters. The van der Waals surface area contributed by atoms with Crippen molar-refractivity contribution < 1.29 is 0 Å². The molecule has 4 saturated carbocycles. The Morgan fingerprint density at radius 1 is 0.403 bits per heavy atom. The van der Waals surface area contributed by atoms with Crippen LogP contribution < -0.4 is 4.90 Å². The highest BCUT2D eigenvalue weighted by molar-refractivity contribution is 6.10. The Morgan fingerprint density at radius 2 is 0.955 bits per heavy atom. The summed E-state index contributed by atoms with van der Waals surface area (Å²) >= 11 is 0. The van der Waals surface area contributed by atoms with Crippen molar-refractivity contribution in [3.63, 3.8) is 0 Å². The van der Waals surface area contributed by atoms with Crippen LogP contribution in [0.2, 0.25) is 0 Å². The molecule has 1 aromatic heterocycles. The van der Waals surface area contributed by atoms with Crippen LogP contribution in [0.15, 0.2) is 218 Å². The van der Waals surface area contributed by atoms with E-state index in [1.165, 1.54) is 121 Å². The lowest BCUT2D eigenvalue weighted by molar-refractivity contribution is -0.0399. The molecule has 1 heterocycles. The van der Waals surface area contributed by atoms with E-state index in [1.54, 1.807) is 11.1 Å². The predicted octanol–water partition coefficient (Wildman–Crippen LogP) is 16.3. The molecule has 0 atom stereocenters. The number of rotatable bonds is 6. The first-order valence-electron chi connectivity index (χ1n) is 24.7. The summed E-state index contributed by atoms with van der Waals surface area (Å²) in [4.78, 5) is 2.60. The van der Waals surface area contributed by atoms with Crippen molar-refractivity contribution in [1.82, 2.24) is 4.57 Å². The first-order valence-corrected chi connectivity index (χ1v) is 24.7. The first-order chi connectivity index (χ1) is 33.2. The van der Waals surface area contributed by atoms with Gasteiger partial charge in [-0.25, -0.2) is 0 Å². The van der Waals surface area contributed by atoms with Crippen molar-refractivity contribution in [1.29, 1.82) is 0 Å². The molecule has 0 saturated heterocycles. The Kier molecular flexibility index (Phi) is 7.92. The van der Waals surface area contributed by atoms with Crippen molar-refractivity contribution in [2.45, 2.75) is 42.9 Å². The minimum atomic E-state index is -0.486. The normalized spacial score (nSPS) is 22.2. The Balaban J connectivity index is 0.997. The second kappa shape index (κ2) is 14.0. The molecule has 6 aliphatic carbocycles. The van der Waals surface area contributed by atoms with Crippen molar-refractivity contribution >= 4 is 38.9 Å². The van der Waals surface area contributed by atoms with E-state index in [-0.39, 0.29) is 5.41 Å². The van der Waals surface area contributed by atoms with Gasteiger partial charge in [0, 0.05) is 33.1 Å². The molecule has 2 heteroatoms. The Hall–Kier alpha value is -7.42. The van der Waals surface area contributed by atoms with E-state index in [0.29, 0.717) is 11.8 Å². The van der Waals surface area contributed by atoms with E-state index in [0.717, 1.165) is 11.8 Å². The van der Waals surface area contributed by atoms with Crippen LogP contribution in [0.5, 0.6) is 0 Å². The summed E-state index contributed by atoms with van der Waals surface area (Å²) in [5.41, 5.74) is 20.8. The minimum absolute atomic E-state index is 0.0828. The molecule has 0 N–H and O–H groups in total. The zero-order chi connectivity index (χ0) is 43.8. The van der Waals surface area contributed by atoms with Crippen LogP contribution in [0.3, 0.4) is 0 Å². The molecule has 67 heavy (non-hydrogen) atoms. The number of nitrogens with zero attached hydrogens (tertiary/aromatic N) is 2. The second-order valence-corrected chi connectivity index (χ2v) is 20.4. The highest BCUT2D eigenvalue weighted by atomic mass is 15.1. The number of aromatic nitrogens is 1. The number of fused-ring (bicyclic) bond motifs is 9. The van der Waals surface area contributed by atoms with Crippen molar-refractivity contribution in [2.24, 2.45) is 23.7 Å². The minimum Gasteiger partial charge on any atom is -0.310 e. The zero-order valence-corrected chi connectivity index (χ0v) is 37.5. The van der Waals surface area contributed by atoms with Crippen molar-refractivity contribution in [3.8, 4) is 27.9 Å². The van der Waals surface area contributed by atoms with Crippen LogP contribution >= 0.6 is 0 Å². The maximum atomic E-state index is 2.68. The molecular weight excluding hydrogens is 809 g/mol. The molecule has 0 amide bonds. The van der Waals surface area contributed by atoms with Crippen LogP contribution in [0.1, 0.15) is 65.5 Å². The molecule has 6 aliphatic rings. The first kappa shape index (κ1) is 37.8. The summed E-state index contributed by atoms with van der Waals surface area (Å²) in [6, 6.07) is 83.0. The van der Waals surface area contributed by atoms with E-state index in [2.05, 4.69) is 228 Å². The number of para-hydroxylation sites is 3. The molecule has 1 spiro atoms. The molecular formula is C65H50N2. The monoisotopic (exact) mass is 858 g/mol. The number of hydrogen-bond donors (Lipinski definition) is 0. The Labute approximate surface area is 392 Å². The summed E-state index contributed by atoms with van der Waals surface area (Å²) in [6.07, 6.45) is 6.72. The fourth-order valence-electron chi connectivity index (χ4n) is 15.4. The molecule has 4 fully saturated rings. The van der Waals surface area contributed by atoms with Gasteiger partial charge < -0.3 is 9.47 Å². The lowest BCUT2D eigenvalue weighted by Crippen LogP contribution is -2.55. The smallest absolute Gasteiger partial charge is 0.0714 e. The van der Waals surface area contributed by atoms with Gasteiger partial charge in [-0.05, 0) is 154 Å². The summed E-state index contributed by atoms with van der Waals surface area (Å²) in [5, 5.41) is 2.65. The highest BCUT2D eigenvalue weighted by Gasteiger charge is 2.62. The highest BCUT2D eigenvalue weighted by Crippen LogP contribution is 2.71. The van der Waals surface area contributed by atoms with E-state index in [4.69, 9.17) is 0 Å². The van der Waals surface area contributed by atoms with Crippen molar-refractivity contribution in [2.75, 3.05) is 4.90 Å². The summed E-state index contributed by atoms with van der Waals surface area (Å²) in [5.74, 6) is 2.88. The quantitative estimate of drug-likeness (QED) is 0.162. The molecule has 10 aromatic rings. The summed E-state index contributed by atoms with van der Waals surface area (Å²) in [6.45, 7) is 0. The second-order valence-electron chi connectivity index (χ2n) is 20.4. The van der Waals surface area contributed by atoms with Gasteiger partial charge in [-0.15, -0.1) is 0 Å². The Bertz CT molecular complexity index is 3480. The fourth-order valence-corrected chi connectivity index (χ4v) is 15.4. The van der Waals surface area contributed by atoms with Gasteiger partial charge in [0.2, 0.25) is 0 Å². The van der Waals surface area contributed by atoms with Gasteiger partial charge in [0.25, 0.3) is 0 Å². The molecule has 320 valence electrons. The zero-order valence-electron chi connectivity index (χ0n) is 37.5. The molecule has 16 rings (SSSR count). The van der Waals surface area contributed by atoms with E-state index in [9.17, 15) is 0 Å². The molecule has 0 radical (unpaired) electrons. The van der Waals surface area contributed by atoms with Crippen LogP contribution in [-0.2, 0) is 10.8 Å². The summed E-state index contributed by atoms with van der Waals surface area (Å²) in [7, 11) is 0. The fraction of sp³-hybridized carbons (Fsp3) is 0.169. The average Bonchev–Trinajstić information content (AvgIpc) is 3.99. The molecule has 2 nitrogen and oxygen atoms in total. The molecule has 4 bridgehead atoms. The average molecular weight is 859 g/mol. The molecule has 9 aromatic carbocycles. The summed E-state index contributed by atoms with van der Waals surface area (Å²) < 4.78 is 2.63. The Morgan fingerprint density at radius 3 is 1.63 bits per heavy atom. The van der Waals surface area contributed by atoms with Gasteiger partial charge in [0.1, 0.15) is 0 Å². The number of benzene rings is 9. The van der Waals surface area contributed by atoms with Crippen LogP contribution in [0.4, 0.5) is 17.1 Å². The largest absolute Gasteiger partial charge is 0.310 e. The van der Waals surface area contributed by atoms with Crippen LogP contribution in [-0.4, -0.2) is 4.57 Å². The van der Waals surface area contributed by atoms with Crippen LogP contribution in [0.25, 0.3) is 49.7 Å². The van der Waals surface area contributed by atoms with E-state index in [1.807, 2.05) is 0 Å². The lowest BCUT2D eigenvalue weighted by Gasteiger charge is -2.61. The third-order valence-corrected chi connectivity index (χ3v) is 17.4. The number of hydrogen-bond acceptors (Lipinski definition) is 1. The SMILES string of the molecule is c1ccc(N(c2ccc3c(c2)C2(c4c-3cccc4-n3c4ccccc4c4ccccc43)C3CC4CC(C3)CC2C4)c2cccc3c2-c2ccccc2C3(c2ccccc2)c2ccccc2)cc1.